The van der Waals surface area contributed by atoms with E-state index in [1.165, 1.54) is 0 Å². The zero-order chi connectivity index (χ0) is 29.5. The molecule has 3 aromatic carbocycles. The van der Waals surface area contributed by atoms with Crippen molar-refractivity contribution >= 4 is 28.5 Å². The van der Waals surface area contributed by atoms with Crippen molar-refractivity contribution in [2.24, 2.45) is 0 Å². The van der Waals surface area contributed by atoms with Crippen molar-refractivity contribution in [3.63, 3.8) is 0 Å². The highest BCUT2D eigenvalue weighted by Gasteiger charge is 2.30. The van der Waals surface area contributed by atoms with Gasteiger partial charge in [-0.15, -0.1) is 0 Å². The van der Waals surface area contributed by atoms with E-state index < -0.39 is 34.0 Å². The largest absolute Gasteiger partial charge is 0.482 e. The van der Waals surface area contributed by atoms with Gasteiger partial charge < -0.3 is 23.8 Å². The number of benzene rings is 3. The zero-order valence-electron chi connectivity index (χ0n) is 24.6. The van der Waals surface area contributed by atoms with Crippen LogP contribution in [0.2, 0.25) is 0 Å². The van der Waals surface area contributed by atoms with Crippen LogP contribution >= 0.6 is 0 Å². The Balaban J connectivity index is 1.90. The van der Waals surface area contributed by atoms with Gasteiger partial charge >= 0.3 is 11.9 Å². The molecular weight excluding hydrogens is 526 g/mol. The van der Waals surface area contributed by atoms with E-state index in [4.69, 9.17) is 18.9 Å². The Morgan fingerprint density at radius 1 is 0.650 bits per heavy atom. The lowest BCUT2D eigenvalue weighted by atomic mass is 10.2. The second-order valence-corrected chi connectivity index (χ2v) is 13.4. The summed E-state index contributed by atoms with van der Waals surface area (Å²) >= 11 is 0. The summed E-state index contributed by atoms with van der Waals surface area (Å²) < 4.78 is 22.4. The van der Waals surface area contributed by atoms with Gasteiger partial charge in [-0.05, 0) is 90.1 Å². The average Bonchev–Trinajstić information content (AvgIpc) is 2.85. The molecule has 3 rings (SSSR count). The molecule has 40 heavy (non-hydrogen) atoms. The van der Waals surface area contributed by atoms with Gasteiger partial charge in [0.2, 0.25) is 0 Å². The van der Waals surface area contributed by atoms with Gasteiger partial charge in [0.15, 0.2) is 27.9 Å². The molecule has 0 radical (unpaired) electrons. The Hall–Kier alpha value is -3.65. The van der Waals surface area contributed by atoms with Crippen LogP contribution in [0, 0.1) is 0 Å². The third-order valence-corrected chi connectivity index (χ3v) is 7.42. The predicted molar refractivity (Wildman–Crippen MR) is 158 cm³/mol. The SMILES string of the molecule is CN(C)c1ccc([S+](c2cccc(OCC(=O)OC(C)(C)C)c2)c2cccc(OCC(=O)OC(C)(C)C)c2)cc1. The molecule has 0 aromatic heterocycles. The maximum Gasteiger partial charge on any atom is 0.344 e. The van der Waals surface area contributed by atoms with Crippen LogP contribution in [-0.2, 0) is 30.0 Å². The molecule has 7 nitrogen and oxygen atoms in total. The molecule has 3 aromatic rings. The molecule has 0 spiro atoms. The third kappa shape index (κ3) is 9.83. The molecule has 0 atom stereocenters. The minimum atomic E-state index is -0.579. The molecule has 0 aliphatic heterocycles. The van der Waals surface area contributed by atoms with Gasteiger partial charge in [-0.3, -0.25) is 0 Å². The van der Waals surface area contributed by atoms with Crippen LogP contribution in [-0.4, -0.2) is 50.4 Å². The van der Waals surface area contributed by atoms with Crippen molar-refractivity contribution in [2.75, 3.05) is 32.2 Å². The van der Waals surface area contributed by atoms with E-state index in [2.05, 4.69) is 29.2 Å². The normalized spacial score (nSPS) is 11.6. The maximum atomic E-state index is 12.2. The molecule has 0 saturated heterocycles. The second kappa shape index (κ2) is 13.1. The molecule has 214 valence electrons. The predicted octanol–water partition coefficient (Wildman–Crippen LogP) is 6.29. The summed E-state index contributed by atoms with van der Waals surface area (Å²) in [6, 6.07) is 23.8. The van der Waals surface area contributed by atoms with Crippen molar-refractivity contribution in [2.45, 2.75) is 67.4 Å². The van der Waals surface area contributed by atoms with Crippen LogP contribution in [0.3, 0.4) is 0 Å². The van der Waals surface area contributed by atoms with Crippen LogP contribution in [0.4, 0.5) is 5.69 Å². The van der Waals surface area contributed by atoms with E-state index in [0.717, 1.165) is 20.4 Å². The number of hydrogen-bond donors (Lipinski definition) is 0. The maximum absolute atomic E-state index is 12.2. The van der Waals surface area contributed by atoms with Crippen LogP contribution < -0.4 is 14.4 Å². The number of carbonyl (C=O) groups excluding carboxylic acids is 2. The molecule has 0 N–H and O–H groups in total. The highest BCUT2D eigenvalue weighted by molar-refractivity contribution is 7.97. The van der Waals surface area contributed by atoms with Gasteiger partial charge in [-0.25, -0.2) is 9.59 Å². The highest BCUT2D eigenvalue weighted by atomic mass is 32.2. The molecule has 0 unspecified atom stereocenters. The number of esters is 2. The molecule has 0 aliphatic carbocycles. The summed E-state index contributed by atoms with van der Waals surface area (Å²) in [6.45, 7) is 10.6. The van der Waals surface area contributed by atoms with Gasteiger partial charge in [0.05, 0.1) is 10.9 Å². The van der Waals surface area contributed by atoms with E-state index in [9.17, 15) is 9.59 Å². The topological polar surface area (TPSA) is 74.3 Å². The number of ether oxygens (including phenoxy) is 4. The van der Waals surface area contributed by atoms with Gasteiger partial charge in [0, 0.05) is 31.9 Å². The number of hydrogen-bond acceptors (Lipinski definition) is 7. The lowest BCUT2D eigenvalue weighted by Crippen LogP contribution is -2.27. The van der Waals surface area contributed by atoms with Crippen molar-refractivity contribution < 1.29 is 28.5 Å². The van der Waals surface area contributed by atoms with Crippen LogP contribution in [0.15, 0.2) is 87.5 Å². The number of rotatable bonds is 10. The Labute approximate surface area is 240 Å². The smallest absolute Gasteiger partial charge is 0.344 e. The first-order valence-electron chi connectivity index (χ1n) is 13.1. The molecule has 0 bridgehead atoms. The van der Waals surface area contributed by atoms with Crippen molar-refractivity contribution in [3.8, 4) is 11.5 Å². The number of nitrogens with zero attached hydrogens (tertiary/aromatic N) is 1. The summed E-state index contributed by atoms with van der Waals surface area (Å²) in [4.78, 5) is 29.6. The average molecular weight is 567 g/mol. The second-order valence-electron chi connectivity index (χ2n) is 11.4. The number of carbonyl (C=O) groups is 2. The number of anilines is 1. The molecule has 0 amide bonds. The minimum Gasteiger partial charge on any atom is -0.482 e. The molecule has 0 heterocycles. The minimum absolute atomic E-state index is 0.181. The molecule has 0 fully saturated rings. The lowest BCUT2D eigenvalue weighted by Gasteiger charge is -2.19. The first kappa shape index (κ1) is 30.9. The van der Waals surface area contributed by atoms with Gasteiger partial charge in [-0.1, -0.05) is 12.1 Å². The summed E-state index contributed by atoms with van der Waals surface area (Å²) in [5.74, 6) is 0.295. The van der Waals surface area contributed by atoms with E-state index in [1.54, 1.807) is 0 Å². The van der Waals surface area contributed by atoms with Crippen molar-refractivity contribution in [1.29, 1.82) is 0 Å². The zero-order valence-corrected chi connectivity index (χ0v) is 25.5. The lowest BCUT2D eigenvalue weighted by molar-refractivity contribution is -0.158. The Morgan fingerprint density at radius 3 is 1.45 bits per heavy atom. The summed E-state index contributed by atoms with van der Waals surface area (Å²) in [6.07, 6.45) is 0. The molecule has 0 aliphatic rings. The Morgan fingerprint density at radius 2 is 1.07 bits per heavy atom. The van der Waals surface area contributed by atoms with E-state index in [-0.39, 0.29) is 13.2 Å². The van der Waals surface area contributed by atoms with Crippen LogP contribution in [0.5, 0.6) is 11.5 Å². The van der Waals surface area contributed by atoms with Crippen molar-refractivity contribution in [1.82, 2.24) is 0 Å². The summed E-state index contributed by atoms with van der Waals surface area (Å²) in [5, 5.41) is 0. The van der Waals surface area contributed by atoms with Gasteiger partial charge in [0.1, 0.15) is 22.7 Å². The first-order valence-corrected chi connectivity index (χ1v) is 14.3. The Kier molecular flexibility index (Phi) is 10.1. The fourth-order valence-corrected chi connectivity index (χ4v) is 5.82. The molecule has 0 saturated carbocycles. The highest BCUT2D eigenvalue weighted by Crippen LogP contribution is 2.35. The van der Waals surface area contributed by atoms with E-state index in [0.29, 0.717) is 11.5 Å². The Bertz CT molecular complexity index is 1220. The quantitative estimate of drug-likeness (QED) is 0.211. The molecular formula is C32H40NO6S+. The van der Waals surface area contributed by atoms with Crippen LogP contribution in [0.25, 0.3) is 0 Å². The molecule has 8 heteroatoms. The van der Waals surface area contributed by atoms with E-state index in [1.807, 2.05) is 104 Å². The van der Waals surface area contributed by atoms with E-state index >= 15 is 0 Å². The summed E-state index contributed by atoms with van der Waals surface area (Å²) in [7, 11) is 3.48. The monoisotopic (exact) mass is 566 g/mol. The fourth-order valence-electron chi connectivity index (χ4n) is 3.70. The third-order valence-electron chi connectivity index (χ3n) is 5.22. The van der Waals surface area contributed by atoms with Gasteiger partial charge in [0.25, 0.3) is 0 Å². The van der Waals surface area contributed by atoms with Gasteiger partial charge in [-0.2, -0.15) is 0 Å². The summed E-state index contributed by atoms with van der Waals surface area (Å²) in [5.41, 5.74) is -0.0649. The van der Waals surface area contributed by atoms with Crippen molar-refractivity contribution in [3.05, 3.63) is 72.8 Å². The fraction of sp³-hybridized carbons (Fsp3) is 0.375. The van der Waals surface area contributed by atoms with Crippen LogP contribution in [0.1, 0.15) is 41.5 Å². The standard InChI is InChI=1S/C32H40NO6S/c1-31(2,3)38-29(34)21-36-24-11-9-13-27(19-24)40(26-17-15-23(16-18-26)33(7)8)28-14-10-12-25(20-28)37-22-30(35)39-32(4,5)6/h9-20H,21-22H2,1-8H3/q+1. The first-order chi connectivity index (χ1) is 18.7.